The lowest BCUT2D eigenvalue weighted by Crippen LogP contribution is -2.20. The van der Waals surface area contributed by atoms with Crippen LogP contribution in [0.15, 0.2) is 18.3 Å². The molecule has 0 spiro atoms. The van der Waals surface area contributed by atoms with Crippen LogP contribution in [0.4, 0.5) is 0 Å². The van der Waals surface area contributed by atoms with E-state index < -0.39 is 0 Å². The number of hydrogen-bond donors (Lipinski definition) is 1. The lowest BCUT2D eigenvalue weighted by Gasteiger charge is -2.10. The molecule has 1 aliphatic heterocycles. The van der Waals surface area contributed by atoms with Gasteiger partial charge in [-0.25, -0.2) is 4.98 Å². The summed E-state index contributed by atoms with van der Waals surface area (Å²) in [6, 6.07) is 5.39. The third-order valence-corrected chi connectivity index (χ3v) is 2.17. The fraction of sp³-hybridized carbons (Fsp3) is 0.400. The zero-order valence-corrected chi connectivity index (χ0v) is 8.96. The quantitative estimate of drug-likeness (QED) is 0.820. The predicted molar refractivity (Wildman–Crippen MR) is 58.1 cm³/mol. The largest absolute Gasteiger partial charge is 0.473 e. The second kappa shape index (κ2) is 5.54. The number of rotatable bonds is 2. The van der Waals surface area contributed by atoms with Gasteiger partial charge in [0.2, 0.25) is 5.88 Å². The maximum atomic E-state index is 8.68. The van der Waals surface area contributed by atoms with Crippen molar-refractivity contribution in [2.45, 2.75) is 12.5 Å². The Hall–Kier alpha value is -1.31. The minimum absolute atomic E-state index is 0. The van der Waals surface area contributed by atoms with E-state index in [0.29, 0.717) is 11.4 Å². The summed E-state index contributed by atoms with van der Waals surface area (Å²) in [5.41, 5.74) is 0.584. The summed E-state index contributed by atoms with van der Waals surface area (Å²) < 4.78 is 5.59. The molecule has 4 nitrogen and oxygen atoms in total. The van der Waals surface area contributed by atoms with E-state index in [2.05, 4.69) is 16.4 Å². The highest BCUT2D eigenvalue weighted by Gasteiger charge is 2.16. The van der Waals surface area contributed by atoms with Gasteiger partial charge in [0, 0.05) is 18.8 Å². The third kappa shape index (κ3) is 3.08. The zero-order chi connectivity index (χ0) is 9.80. The molecule has 0 saturated carbocycles. The number of nitrogens with one attached hydrogen (secondary N) is 1. The summed E-state index contributed by atoms with van der Waals surface area (Å²) >= 11 is 0. The van der Waals surface area contributed by atoms with Gasteiger partial charge in [-0.3, -0.25) is 0 Å². The molecule has 0 unspecified atom stereocenters. The Morgan fingerprint density at radius 1 is 1.60 bits per heavy atom. The highest BCUT2D eigenvalue weighted by Crippen LogP contribution is 2.12. The number of halogens is 1. The topological polar surface area (TPSA) is 57.9 Å². The zero-order valence-electron chi connectivity index (χ0n) is 8.14. The van der Waals surface area contributed by atoms with Crippen LogP contribution in [0.25, 0.3) is 0 Å². The van der Waals surface area contributed by atoms with Crippen molar-refractivity contribution < 1.29 is 4.74 Å². The molecule has 0 aliphatic carbocycles. The van der Waals surface area contributed by atoms with Crippen LogP contribution in [0, 0.1) is 11.3 Å². The number of pyridine rings is 1. The van der Waals surface area contributed by atoms with Crippen LogP contribution in [-0.2, 0) is 0 Å². The fourth-order valence-corrected chi connectivity index (χ4v) is 1.44. The second-order valence-electron chi connectivity index (χ2n) is 3.23. The Morgan fingerprint density at radius 3 is 3.13 bits per heavy atom. The Morgan fingerprint density at radius 2 is 2.47 bits per heavy atom. The number of ether oxygens (including phenoxy) is 1. The van der Waals surface area contributed by atoms with E-state index in [-0.39, 0.29) is 18.5 Å². The number of hydrogen-bond acceptors (Lipinski definition) is 4. The van der Waals surface area contributed by atoms with Crippen LogP contribution in [0.5, 0.6) is 5.88 Å². The van der Waals surface area contributed by atoms with Gasteiger partial charge in [-0.15, -0.1) is 12.4 Å². The maximum absolute atomic E-state index is 8.68. The van der Waals surface area contributed by atoms with Gasteiger partial charge in [0.25, 0.3) is 0 Å². The van der Waals surface area contributed by atoms with Crippen molar-refractivity contribution in [2.24, 2.45) is 0 Å². The summed E-state index contributed by atoms with van der Waals surface area (Å²) in [4.78, 5) is 4.05. The lowest BCUT2D eigenvalue weighted by atomic mass is 10.3. The predicted octanol–water partition coefficient (Wildman–Crippen LogP) is 1.12. The van der Waals surface area contributed by atoms with E-state index in [0.717, 1.165) is 19.5 Å². The Kier molecular flexibility index (Phi) is 4.35. The lowest BCUT2D eigenvalue weighted by molar-refractivity contribution is 0.214. The Bertz CT molecular complexity index is 358. The van der Waals surface area contributed by atoms with Crippen molar-refractivity contribution in [3.05, 3.63) is 23.9 Å². The minimum atomic E-state index is 0. The highest BCUT2D eigenvalue weighted by atomic mass is 35.5. The first-order valence-corrected chi connectivity index (χ1v) is 4.62. The molecule has 2 heterocycles. The molecule has 0 aromatic carbocycles. The molecule has 15 heavy (non-hydrogen) atoms. The van der Waals surface area contributed by atoms with Gasteiger partial charge in [0.05, 0.1) is 11.6 Å². The first-order chi connectivity index (χ1) is 6.88. The standard InChI is InChI=1S/C10H11N3O.ClH/c11-6-8-1-4-13-10(5-8)14-9-2-3-12-7-9;/h1,4-5,9,12H,2-3,7H2;1H/t9-;/m1./s1. The van der Waals surface area contributed by atoms with Gasteiger partial charge in [0.1, 0.15) is 6.10 Å². The highest BCUT2D eigenvalue weighted by molar-refractivity contribution is 5.85. The Labute approximate surface area is 94.7 Å². The number of nitrogens with zero attached hydrogens (tertiary/aromatic N) is 2. The molecule has 1 saturated heterocycles. The smallest absolute Gasteiger partial charge is 0.214 e. The summed E-state index contributed by atoms with van der Waals surface area (Å²) in [7, 11) is 0. The molecule has 1 N–H and O–H groups in total. The van der Waals surface area contributed by atoms with E-state index >= 15 is 0 Å². The first-order valence-electron chi connectivity index (χ1n) is 4.62. The molecule has 1 atom stereocenters. The van der Waals surface area contributed by atoms with E-state index in [4.69, 9.17) is 10.00 Å². The monoisotopic (exact) mass is 225 g/mol. The van der Waals surface area contributed by atoms with Crippen molar-refractivity contribution in [3.8, 4) is 11.9 Å². The van der Waals surface area contributed by atoms with Crippen molar-refractivity contribution in [1.82, 2.24) is 10.3 Å². The summed E-state index contributed by atoms with van der Waals surface area (Å²) in [6.07, 6.45) is 2.78. The molecule has 1 aliphatic rings. The molecule has 0 amide bonds. The maximum Gasteiger partial charge on any atom is 0.214 e. The molecule has 1 fully saturated rings. The van der Waals surface area contributed by atoms with Gasteiger partial charge in [-0.05, 0) is 19.0 Å². The van der Waals surface area contributed by atoms with Crippen molar-refractivity contribution in [1.29, 1.82) is 5.26 Å². The van der Waals surface area contributed by atoms with Crippen LogP contribution >= 0.6 is 12.4 Å². The van der Waals surface area contributed by atoms with Crippen molar-refractivity contribution in [3.63, 3.8) is 0 Å². The average molecular weight is 226 g/mol. The van der Waals surface area contributed by atoms with Gasteiger partial charge in [-0.1, -0.05) is 0 Å². The third-order valence-electron chi connectivity index (χ3n) is 2.17. The molecule has 0 radical (unpaired) electrons. The van der Waals surface area contributed by atoms with Crippen molar-refractivity contribution in [2.75, 3.05) is 13.1 Å². The van der Waals surface area contributed by atoms with E-state index in [9.17, 15) is 0 Å². The van der Waals surface area contributed by atoms with Gasteiger partial charge in [0.15, 0.2) is 0 Å². The summed E-state index contributed by atoms with van der Waals surface area (Å²) in [5, 5.41) is 11.9. The second-order valence-corrected chi connectivity index (χ2v) is 3.23. The molecule has 5 heteroatoms. The molecule has 1 aromatic rings. The molecule has 0 bridgehead atoms. The van der Waals surface area contributed by atoms with E-state index in [1.165, 1.54) is 0 Å². The van der Waals surface area contributed by atoms with Crippen LogP contribution in [0.3, 0.4) is 0 Å². The molecule has 1 aromatic heterocycles. The normalized spacial score (nSPS) is 19.0. The molecule has 80 valence electrons. The SMILES string of the molecule is Cl.N#Cc1ccnc(O[C@@H]2CCNC2)c1. The van der Waals surface area contributed by atoms with Crippen LogP contribution in [0.1, 0.15) is 12.0 Å². The first kappa shape index (κ1) is 11.8. The average Bonchev–Trinajstić information content (AvgIpc) is 2.71. The van der Waals surface area contributed by atoms with Gasteiger partial charge >= 0.3 is 0 Å². The van der Waals surface area contributed by atoms with Crippen LogP contribution in [0.2, 0.25) is 0 Å². The van der Waals surface area contributed by atoms with Gasteiger partial charge < -0.3 is 10.1 Å². The van der Waals surface area contributed by atoms with Crippen LogP contribution in [-0.4, -0.2) is 24.2 Å². The molecular weight excluding hydrogens is 214 g/mol. The summed E-state index contributed by atoms with van der Waals surface area (Å²) in [6.45, 7) is 1.85. The molecule has 2 rings (SSSR count). The summed E-state index contributed by atoms with van der Waals surface area (Å²) in [5.74, 6) is 0.540. The van der Waals surface area contributed by atoms with Crippen molar-refractivity contribution >= 4 is 12.4 Å². The van der Waals surface area contributed by atoms with E-state index in [1.807, 2.05) is 0 Å². The Balaban J connectivity index is 0.00000112. The fourth-order valence-electron chi connectivity index (χ4n) is 1.44. The minimum Gasteiger partial charge on any atom is -0.473 e. The number of nitriles is 1. The van der Waals surface area contributed by atoms with Gasteiger partial charge in [-0.2, -0.15) is 5.26 Å². The van der Waals surface area contributed by atoms with Crippen LogP contribution < -0.4 is 10.1 Å². The molecular formula is C10H12ClN3O. The number of aromatic nitrogens is 1. The van der Waals surface area contributed by atoms with E-state index in [1.54, 1.807) is 18.3 Å².